The Balaban J connectivity index is 1.81. The summed E-state index contributed by atoms with van der Waals surface area (Å²) in [5.74, 6) is 2.25. The Morgan fingerprint density at radius 3 is 3.07 bits per heavy atom. The van der Waals surface area contributed by atoms with Gasteiger partial charge in [0.1, 0.15) is 5.75 Å². The summed E-state index contributed by atoms with van der Waals surface area (Å²) in [7, 11) is 0. The van der Waals surface area contributed by atoms with Gasteiger partial charge in [0.2, 0.25) is 0 Å². The molecule has 1 aliphatic carbocycles. The van der Waals surface area contributed by atoms with Crippen LogP contribution in [-0.2, 0) is 5.88 Å². The van der Waals surface area contributed by atoms with E-state index in [1.165, 1.54) is 19.3 Å². The standard InChI is InChI=1S/C11H14ClNO/c12-8-10-7-11(3-5-13-10)14-6-4-9-1-2-9/h3,5,7,9H,1-2,4,6,8H2. The van der Waals surface area contributed by atoms with Gasteiger partial charge < -0.3 is 4.74 Å². The largest absolute Gasteiger partial charge is 0.493 e. The van der Waals surface area contributed by atoms with Crippen LogP contribution in [0.3, 0.4) is 0 Å². The Morgan fingerprint density at radius 2 is 2.36 bits per heavy atom. The van der Waals surface area contributed by atoms with E-state index in [1.54, 1.807) is 6.20 Å². The molecule has 0 saturated heterocycles. The predicted octanol–water partition coefficient (Wildman–Crippen LogP) is 3.00. The highest BCUT2D eigenvalue weighted by Crippen LogP contribution is 2.32. The summed E-state index contributed by atoms with van der Waals surface area (Å²) in [5.41, 5.74) is 0.871. The van der Waals surface area contributed by atoms with Gasteiger partial charge >= 0.3 is 0 Å². The molecule has 0 amide bonds. The number of hydrogen-bond acceptors (Lipinski definition) is 2. The van der Waals surface area contributed by atoms with Crippen molar-refractivity contribution in [1.29, 1.82) is 0 Å². The molecule has 1 heterocycles. The molecule has 1 aromatic heterocycles. The first-order valence-electron chi connectivity index (χ1n) is 5.02. The average Bonchev–Trinajstić information content (AvgIpc) is 3.02. The number of halogens is 1. The van der Waals surface area contributed by atoms with Crippen molar-refractivity contribution in [2.45, 2.75) is 25.1 Å². The zero-order chi connectivity index (χ0) is 9.80. The van der Waals surface area contributed by atoms with Crippen molar-refractivity contribution >= 4 is 11.6 Å². The van der Waals surface area contributed by atoms with Gasteiger partial charge in [0.25, 0.3) is 0 Å². The van der Waals surface area contributed by atoms with E-state index in [2.05, 4.69) is 4.98 Å². The second-order valence-corrected chi connectivity index (χ2v) is 3.96. The van der Waals surface area contributed by atoms with Gasteiger partial charge in [-0.15, -0.1) is 11.6 Å². The van der Waals surface area contributed by atoms with E-state index in [0.717, 1.165) is 24.0 Å². The Morgan fingerprint density at radius 1 is 1.50 bits per heavy atom. The molecule has 0 bridgehead atoms. The van der Waals surface area contributed by atoms with Crippen molar-refractivity contribution in [2.24, 2.45) is 5.92 Å². The third-order valence-corrected chi connectivity index (χ3v) is 2.69. The van der Waals surface area contributed by atoms with Crippen molar-refractivity contribution in [2.75, 3.05) is 6.61 Å². The molecule has 0 atom stereocenters. The summed E-state index contributed by atoms with van der Waals surface area (Å²) in [6.07, 6.45) is 5.68. The molecule has 0 unspecified atom stereocenters. The van der Waals surface area contributed by atoms with Crippen LogP contribution in [0.2, 0.25) is 0 Å². The van der Waals surface area contributed by atoms with Crippen LogP contribution in [0.15, 0.2) is 18.3 Å². The summed E-state index contributed by atoms with van der Waals surface area (Å²) >= 11 is 5.68. The van der Waals surface area contributed by atoms with Gasteiger partial charge in [0.05, 0.1) is 18.2 Å². The van der Waals surface area contributed by atoms with Gasteiger partial charge in [-0.1, -0.05) is 12.8 Å². The van der Waals surface area contributed by atoms with E-state index in [1.807, 2.05) is 12.1 Å². The van der Waals surface area contributed by atoms with Gasteiger partial charge in [-0.05, 0) is 18.4 Å². The van der Waals surface area contributed by atoms with Crippen LogP contribution in [0.5, 0.6) is 5.75 Å². The molecule has 1 aliphatic rings. The normalized spacial score (nSPS) is 15.5. The van der Waals surface area contributed by atoms with E-state index in [9.17, 15) is 0 Å². The van der Waals surface area contributed by atoms with Crippen LogP contribution >= 0.6 is 11.6 Å². The lowest BCUT2D eigenvalue weighted by molar-refractivity contribution is 0.302. The van der Waals surface area contributed by atoms with E-state index in [4.69, 9.17) is 16.3 Å². The molecular formula is C11H14ClNO. The molecule has 0 aromatic carbocycles. The van der Waals surface area contributed by atoms with Crippen molar-refractivity contribution in [3.05, 3.63) is 24.0 Å². The van der Waals surface area contributed by atoms with Crippen molar-refractivity contribution in [1.82, 2.24) is 4.98 Å². The number of ether oxygens (including phenoxy) is 1. The van der Waals surface area contributed by atoms with Crippen molar-refractivity contribution in [3.8, 4) is 5.75 Å². The predicted molar refractivity (Wildman–Crippen MR) is 56.6 cm³/mol. The molecule has 3 heteroatoms. The van der Waals surface area contributed by atoms with Crippen LogP contribution in [0, 0.1) is 5.92 Å². The van der Waals surface area contributed by atoms with Gasteiger partial charge in [-0.25, -0.2) is 0 Å². The fraction of sp³-hybridized carbons (Fsp3) is 0.545. The maximum Gasteiger partial charge on any atom is 0.122 e. The number of aromatic nitrogens is 1. The maximum atomic E-state index is 5.68. The molecule has 0 radical (unpaired) electrons. The number of pyridine rings is 1. The van der Waals surface area contributed by atoms with Crippen LogP contribution < -0.4 is 4.74 Å². The summed E-state index contributed by atoms with van der Waals surface area (Å²) in [5, 5.41) is 0. The van der Waals surface area contributed by atoms with Gasteiger partial charge in [-0.2, -0.15) is 0 Å². The topological polar surface area (TPSA) is 22.1 Å². The van der Waals surface area contributed by atoms with Crippen LogP contribution in [0.1, 0.15) is 25.0 Å². The molecule has 0 aliphatic heterocycles. The minimum absolute atomic E-state index is 0.444. The van der Waals surface area contributed by atoms with Gasteiger partial charge in [-0.3, -0.25) is 4.98 Å². The number of hydrogen-bond donors (Lipinski definition) is 0. The molecule has 76 valence electrons. The highest BCUT2D eigenvalue weighted by Gasteiger charge is 2.20. The number of rotatable bonds is 5. The van der Waals surface area contributed by atoms with E-state index < -0.39 is 0 Å². The molecule has 14 heavy (non-hydrogen) atoms. The lowest BCUT2D eigenvalue weighted by Gasteiger charge is -2.05. The summed E-state index contributed by atoms with van der Waals surface area (Å²) in [4.78, 5) is 4.10. The summed E-state index contributed by atoms with van der Waals surface area (Å²) in [6, 6.07) is 3.78. The Labute approximate surface area is 89.3 Å². The molecule has 1 aromatic rings. The lowest BCUT2D eigenvalue weighted by Crippen LogP contribution is -1.99. The minimum Gasteiger partial charge on any atom is -0.493 e. The molecule has 1 saturated carbocycles. The first-order valence-corrected chi connectivity index (χ1v) is 5.55. The third-order valence-electron chi connectivity index (χ3n) is 2.42. The van der Waals surface area contributed by atoms with E-state index in [-0.39, 0.29) is 0 Å². The van der Waals surface area contributed by atoms with Crippen molar-refractivity contribution < 1.29 is 4.74 Å². The van der Waals surface area contributed by atoms with Crippen LogP contribution in [0.25, 0.3) is 0 Å². The molecule has 0 spiro atoms. The maximum absolute atomic E-state index is 5.68. The lowest BCUT2D eigenvalue weighted by atomic mass is 10.3. The molecule has 0 N–H and O–H groups in total. The first-order chi connectivity index (χ1) is 6.88. The Hall–Kier alpha value is -0.760. The van der Waals surface area contributed by atoms with Crippen molar-refractivity contribution in [3.63, 3.8) is 0 Å². The summed E-state index contributed by atoms with van der Waals surface area (Å²) < 4.78 is 5.60. The van der Waals surface area contributed by atoms with Crippen LogP contribution in [-0.4, -0.2) is 11.6 Å². The van der Waals surface area contributed by atoms with E-state index >= 15 is 0 Å². The van der Waals surface area contributed by atoms with Crippen LogP contribution in [0.4, 0.5) is 0 Å². The quantitative estimate of drug-likeness (QED) is 0.699. The average molecular weight is 212 g/mol. The minimum atomic E-state index is 0.444. The van der Waals surface area contributed by atoms with E-state index in [0.29, 0.717) is 5.88 Å². The zero-order valence-electron chi connectivity index (χ0n) is 8.08. The first kappa shape index (κ1) is 9.78. The fourth-order valence-electron chi connectivity index (χ4n) is 1.37. The fourth-order valence-corrected chi connectivity index (χ4v) is 1.52. The van der Waals surface area contributed by atoms with Gasteiger partial charge in [0, 0.05) is 12.3 Å². The Kier molecular flexibility index (Phi) is 3.25. The Bertz CT molecular complexity index is 299. The molecule has 2 rings (SSSR count). The second kappa shape index (κ2) is 4.65. The summed E-state index contributed by atoms with van der Waals surface area (Å²) in [6.45, 7) is 0.816. The monoisotopic (exact) mass is 211 g/mol. The number of nitrogens with zero attached hydrogens (tertiary/aromatic N) is 1. The van der Waals surface area contributed by atoms with Gasteiger partial charge in [0.15, 0.2) is 0 Å². The smallest absolute Gasteiger partial charge is 0.122 e. The third kappa shape index (κ3) is 2.88. The molecule has 1 fully saturated rings. The number of alkyl halides is 1. The highest BCUT2D eigenvalue weighted by atomic mass is 35.5. The molecular weight excluding hydrogens is 198 g/mol. The zero-order valence-corrected chi connectivity index (χ0v) is 8.83. The SMILES string of the molecule is ClCc1cc(OCCC2CC2)ccn1. The molecule has 2 nitrogen and oxygen atoms in total. The highest BCUT2D eigenvalue weighted by molar-refractivity contribution is 6.16. The second-order valence-electron chi connectivity index (χ2n) is 3.70.